The van der Waals surface area contributed by atoms with Crippen molar-refractivity contribution in [1.29, 1.82) is 0 Å². The Morgan fingerprint density at radius 2 is 1.76 bits per heavy atom. The molecule has 0 unspecified atom stereocenters. The number of hydrogen-bond donors (Lipinski definition) is 2. The quantitative estimate of drug-likeness (QED) is 0.639. The molecule has 29 heavy (non-hydrogen) atoms. The lowest BCUT2D eigenvalue weighted by Gasteiger charge is -2.15. The highest BCUT2D eigenvalue weighted by Crippen LogP contribution is 2.23. The van der Waals surface area contributed by atoms with Crippen molar-refractivity contribution in [1.82, 2.24) is 0 Å². The van der Waals surface area contributed by atoms with Crippen LogP contribution in [-0.4, -0.2) is 26.4 Å². The number of primary sulfonamides is 1. The Morgan fingerprint density at radius 3 is 2.31 bits per heavy atom. The Balaban J connectivity index is 2.05. The molecule has 2 aromatic rings. The van der Waals surface area contributed by atoms with Crippen LogP contribution in [0.15, 0.2) is 47.4 Å². The number of carbonyl (C=O) groups is 2. The molecule has 3 N–H and O–H groups in total. The van der Waals surface area contributed by atoms with E-state index in [-0.39, 0.29) is 10.6 Å². The molecule has 0 aliphatic rings. The molecule has 0 bridgehead atoms. The summed E-state index contributed by atoms with van der Waals surface area (Å²) in [5.74, 6) is -0.974. The molecule has 2 rings (SSSR count). The van der Waals surface area contributed by atoms with Gasteiger partial charge in [-0.3, -0.25) is 4.79 Å². The summed E-state index contributed by atoms with van der Waals surface area (Å²) >= 11 is 5.80. The molecule has 1 amide bonds. The summed E-state index contributed by atoms with van der Waals surface area (Å²) in [4.78, 5) is 24.2. The van der Waals surface area contributed by atoms with E-state index >= 15 is 0 Å². The molecule has 0 heterocycles. The zero-order chi connectivity index (χ0) is 21.8. The lowest BCUT2D eigenvalue weighted by molar-refractivity contribution is -0.123. The fourth-order valence-corrected chi connectivity index (χ4v) is 3.58. The minimum absolute atomic E-state index is 0.0871. The standard InChI is InChI=1S/C20H23ClN2O5S/c1-4-12(2)14-5-8-16(9-6-14)23-19(24)13(3)28-20(25)15-7-10-17(21)18(11-15)29(22,26)27/h5-13H,4H2,1-3H3,(H,23,24)(H2,22,26,27)/t12-,13+/m1/s1. The van der Waals surface area contributed by atoms with Gasteiger partial charge in [0.25, 0.3) is 5.91 Å². The summed E-state index contributed by atoms with van der Waals surface area (Å²) in [6.45, 7) is 5.63. The van der Waals surface area contributed by atoms with E-state index < -0.39 is 32.9 Å². The first-order valence-electron chi connectivity index (χ1n) is 8.97. The first-order valence-corrected chi connectivity index (χ1v) is 10.9. The van der Waals surface area contributed by atoms with Gasteiger partial charge in [0.2, 0.25) is 10.0 Å². The number of nitrogens with two attached hydrogens (primary N) is 1. The summed E-state index contributed by atoms with van der Waals surface area (Å²) in [5, 5.41) is 7.63. The molecule has 0 radical (unpaired) electrons. The normalized spacial score (nSPS) is 13.4. The van der Waals surface area contributed by atoms with E-state index in [4.69, 9.17) is 21.5 Å². The van der Waals surface area contributed by atoms with E-state index in [1.165, 1.54) is 24.6 Å². The van der Waals surface area contributed by atoms with Crippen molar-refractivity contribution in [3.05, 3.63) is 58.6 Å². The average Bonchev–Trinajstić information content (AvgIpc) is 2.67. The molecule has 0 saturated carbocycles. The third-order valence-corrected chi connectivity index (χ3v) is 5.88. The Labute approximate surface area is 175 Å². The second kappa shape index (κ2) is 9.39. The Morgan fingerprint density at radius 1 is 1.14 bits per heavy atom. The maximum absolute atomic E-state index is 12.3. The van der Waals surface area contributed by atoms with Gasteiger partial charge in [0, 0.05) is 5.69 Å². The zero-order valence-corrected chi connectivity index (χ0v) is 17.9. The van der Waals surface area contributed by atoms with E-state index in [9.17, 15) is 18.0 Å². The van der Waals surface area contributed by atoms with Crippen molar-refractivity contribution in [3.8, 4) is 0 Å². The lowest BCUT2D eigenvalue weighted by Crippen LogP contribution is -2.30. The molecule has 2 atom stereocenters. The van der Waals surface area contributed by atoms with Crippen LogP contribution in [0.1, 0.15) is 49.0 Å². The topological polar surface area (TPSA) is 116 Å². The second-order valence-corrected chi connectivity index (χ2v) is 8.60. The number of rotatable bonds is 7. The van der Waals surface area contributed by atoms with Crippen LogP contribution in [0.25, 0.3) is 0 Å². The third-order valence-electron chi connectivity index (χ3n) is 4.49. The van der Waals surface area contributed by atoms with Crippen molar-refractivity contribution < 1.29 is 22.7 Å². The van der Waals surface area contributed by atoms with Gasteiger partial charge in [0.1, 0.15) is 4.90 Å². The number of amides is 1. The number of halogens is 1. The summed E-state index contributed by atoms with van der Waals surface area (Å²) in [7, 11) is -4.11. The predicted octanol–water partition coefficient (Wildman–Crippen LogP) is 3.68. The maximum atomic E-state index is 12.3. The van der Waals surface area contributed by atoms with Crippen LogP contribution in [0.4, 0.5) is 5.69 Å². The molecule has 0 aliphatic heterocycles. The second-order valence-electron chi connectivity index (χ2n) is 6.66. The Bertz CT molecular complexity index is 1010. The molecule has 2 aromatic carbocycles. The minimum atomic E-state index is -4.11. The van der Waals surface area contributed by atoms with E-state index in [2.05, 4.69) is 19.2 Å². The number of sulfonamides is 1. The maximum Gasteiger partial charge on any atom is 0.338 e. The van der Waals surface area contributed by atoms with Crippen molar-refractivity contribution in [2.24, 2.45) is 5.14 Å². The average molecular weight is 439 g/mol. The van der Waals surface area contributed by atoms with Crippen LogP contribution in [0, 0.1) is 0 Å². The van der Waals surface area contributed by atoms with Gasteiger partial charge < -0.3 is 10.1 Å². The summed E-state index contributed by atoms with van der Waals surface area (Å²) in [6, 6.07) is 11.0. The Hall–Kier alpha value is -2.42. The fourth-order valence-electron chi connectivity index (χ4n) is 2.51. The molecule has 9 heteroatoms. The first-order chi connectivity index (χ1) is 13.5. The van der Waals surface area contributed by atoms with Gasteiger partial charge in [0.05, 0.1) is 10.6 Å². The zero-order valence-electron chi connectivity index (χ0n) is 16.3. The van der Waals surface area contributed by atoms with E-state index in [0.717, 1.165) is 12.5 Å². The van der Waals surface area contributed by atoms with Gasteiger partial charge in [-0.25, -0.2) is 18.4 Å². The predicted molar refractivity (Wildman–Crippen MR) is 111 cm³/mol. The van der Waals surface area contributed by atoms with Crippen LogP contribution in [0.3, 0.4) is 0 Å². The molecule has 0 spiro atoms. The number of benzene rings is 2. The Kier molecular flexibility index (Phi) is 7.40. The highest BCUT2D eigenvalue weighted by Gasteiger charge is 2.22. The number of carbonyl (C=O) groups excluding carboxylic acids is 2. The number of nitrogens with one attached hydrogen (secondary N) is 1. The number of hydrogen-bond acceptors (Lipinski definition) is 5. The molecule has 0 aliphatic carbocycles. The molecular weight excluding hydrogens is 416 g/mol. The van der Waals surface area contributed by atoms with Crippen molar-refractivity contribution in [2.45, 2.75) is 44.1 Å². The minimum Gasteiger partial charge on any atom is -0.449 e. The largest absolute Gasteiger partial charge is 0.449 e. The van der Waals surface area contributed by atoms with Gasteiger partial charge in [-0.05, 0) is 55.2 Å². The van der Waals surface area contributed by atoms with Gasteiger partial charge in [0.15, 0.2) is 6.10 Å². The number of ether oxygens (including phenoxy) is 1. The molecule has 7 nitrogen and oxygen atoms in total. The van der Waals surface area contributed by atoms with E-state index in [1.807, 2.05) is 12.1 Å². The van der Waals surface area contributed by atoms with Crippen molar-refractivity contribution >= 4 is 39.2 Å². The highest BCUT2D eigenvalue weighted by atomic mass is 35.5. The van der Waals surface area contributed by atoms with Gasteiger partial charge in [-0.1, -0.05) is 37.6 Å². The van der Waals surface area contributed by atoms with Gasteiger partial charge in [-0.15, -0.1) is 0 Å². The molecule has 0 fully saturated rings. The van der Waals surface area contributed by atoms with Crippen molar-refractivity contribution in [2.75, 3.05) is 5.32 Å². The van der Waals surface area contributed by atoms with E-state index in [1.54, 1.807) is 12.1 Å². The van der Waals surface area contributed by atoms with Gasteiger partial charge in [-0.2, -0.15) is 0 Å². The molecule has 0 saturated heterocycles. The van der Waals surface area contributed by atoms with Crippen LogP contribution in [0.5, 0.6) is 0 Å². The summed E-state index contributed by atoms with van der Waals surface area (Å²) in [6.07, 6.45) is -0.0957. The lowest BCUT2D eigenvalue weighted by atomic mass is 9.99. The third kappa shape index (κ3) is 6.03. The monoisotopic (exact) mass is 438 g/mol. The number of anilines is 1. The smallest absolute Gasteiger partial charge is 0.338 e. The van der Waals surface area contributed by atoms with Crippen LogP contribution in [-0.2, 0) is 19.6 Å². The molecular formula is C20H23ClN2O5S. The molecule has 156 valence electrons. The van der Waals surface area contributed by atoms with Gasteiger partial charge >= 0.3 is 5.97 Å². The summed E-state index contributed by atoms with van der Waals surface area (Å²) in [5.41, 5.74) is 1.65. The molecule has 0 aromatic heterocycles. The number of esters is 1. The van der Waals surface area contributed by atoms with Crippen molar-refractivity contribution in [3.63, 3.8) is 0 Å². The summed E-state index contributed by atoms with van der Waals surface area (Å²) < 4.78 is 28.2. The van der Waals surface area contributed by atoms with Crippen LogP contribution < -0.4 is 10.5 Å². The van der Waals surface area contributed by atoms with E-state index in [0.29, 0.717) is 11.6 Å². The first kappa shape index (κ1) is 22.9. The van der Waals surface area contributed by atoms with Crippen LogP contribution >= 0.6 is 11.6 Å². The fraction of sp³-hybridized carbons (Fsp3) is 0.300. The SMILES string of the molecule is CC[C@@H](C)c1ccc(NC(=O)[C@H](C)OC(=O)c2ccc(Cl)c(S(N)(=O)=O)c2)cc1. The van der Waals surface area contributed by atoms with Crippen LogP contribution in [0.2, 0.25) is 5.02 Å². The highest BCUT2D eigenvalue weighted by molar-refractivity contribution is 7.89.